The molecule has 0 spiro atoms. The van der Waals surface area contributed by atoms with Crippen LogP contribution in [-0.2, 0) is 5.60 Å². The van der Waals surface area contributed by atoms with Crippen molar-refractivity contribution < 1.29 is 9.90 Å². The first kappa shape index (κ1) is 24.2. The van der Waals surface area contributed by atoms with Crippen LogP contribution in [0.25, 0.3) is 28.0 Å². The lowest BCUT2D eigenvalue weighted by Crippen LogP contribution is -2.46. The van der Waals surface area contributed by atoms with Gasteiger partial charge in [0.1, 0.15) is 12.1 Å². The average Bonchev–Trinajstić information content (AvgIpc) is 3.35. The third-order valence-corrected chi connectivity index (χ3v) is 9.02. The number of carbonyl (C=O) groups is 1. The maximum Gasteiger partial charge on any atom is 0.291 e. The summed E-state index contributed by atoms with van der Waals surface area (Å²) in [6.45, 7) is 0. The van der Waals surface area contributed by atoms with Gasteiger partial charge in [0.25, 0.3) is 5.91 Å². The Morgan fingerprint density at radius 3 is 2.44 bits per heavy atom. The van der Waals surface area contributed by atoms with Gasteiger partial charge >= 0.3 is 0 Å². The molecule has 6 heterocycles. The number of aliphatic hydroxyl groups is 1. The predicted molar refractivity (Wildman–Crippen MR) is 151 cm³/mol. The number of piperidine rings is 1. The fourth-order valence-electron chi connectivity index (χ4n) is 6.87. The normalized spacial score (nSPS) is 22.8. The molecule has 2 aliphatic heterocycles. The van der Waals surface area contributed by atoms with Gasteiger partial charge in [-0.1, -0.05) is 36.4 Å². The van der Waals surface area contributed by atoms with E-state index in [0.29, 0.717) is 29.9 Å². The molecule has 2 bridgehead atoms. The summed E-state index contributed by atoms with van der Waals surface area (Å²) in [6, 6.07) is 14.2. The summed E-state index contributed by atoms with van der Waals surface area (Å²) in [5.41, 5.74) is 11.6. The van der Waals surface area contributed by atoms with Crippen LogP contribution in [0.3, 0.4) is 0 Å². The van der Waals surface area contributed by atoms with Crippen LogP contribution in [-0.4, -0.2) is 62.8 Å². The minimum Gasteiger partial charge on any atom is -0.385 e. The smallest absolute Gasteiger partial charge is 0.291 e. The molecule has 2 unspecified atom stereocenters. The van der Waals surface area contributed by atoms with Crippen molar-refractivity contribution in [2.75, 3.05) is 5.73 Å². The van der Waals surface area contributed by atoms with Crippen molar-refractivity contribution in [1.82, 2.24) is 39.7 Å². The summed E-state index contributed by atoms with van der Waals surface area (Å²) in [5.74, 6) is 0.645. The van der Waals surface area contributed by atoms with E-state index in [9.17, 15) is 9.90 Å². The van der Waals surface area contributed by atoms with E-state index in [2.05, 4.69) is 20.3 Å². The monoisotopic (exact) mass is 547 g/mol. The molecule has 3 fully saturated rings. The Labute approximate surface area is 235 Å². The highest BCUT2D eigenvalue weighted by molar-refractivity contribution is 5.91. The summed E-state index contributed by atoms with van der Waals surface area (Å²) in [7, 11) is 0. The van der Waals surface area contributed by atoms with Crippen molar-refractivity contribution in [2.24, 2.45) is 0 Å². The molecule has 5 aromatic rings. The predicted octanol–water partition coefficient (Wildman–Crippen LogP) is 3.69. The fourth-order valence-corrected chi connectivity index (χ4v) is 6.87. The summed E-state index contributed by atoms with van der Waals surface area (Å²) < 4.78 is 1.65. The standard InChI is InChI=1S/C30H29N9O2/c31-26-24(30(41)10-11-30)25(19-12-20-7-8-21(13-19)38(20)29(40)27-33-16-34-37-27)36-28-22(15-35-39(26)28)18-6-9-23(32-14-18)17-4-2-1-3-5-17/h1-6,9,14-16,19-21,41H,7-8,10-13,31H2,(H,33,34,37)/t19?,20-,21?/m0/s1. The second kappa shape index (κ2) is 8.93. The second-order valence-corrected chi connectivity index (χ2v) is 11.5. The Kier molecular flexibility index (Phi) is 5.27. The fraction of sp³-hybridized carbons (Fsp3) is 0.333. The molecule has 8 rings (SSSR count). The first-order valence-corrected chi connectivity index (χ1v) is 14.1. The molecule has 11 heteroatoms. The van der Waals surface area contributed by atoms with Gasteiger partial charge in [-0.3, -0.25) is 14.9 Å². The highest BCUT2D eigenvalue weighted by Crippen LogP contribution is 2.53. The molecule has 4 aromatic heterocycles. The number of nitrogens with two attached hydrogens (primary N) is 1. The zero-order chi connectivity index (χ0) is 27.7. The zero-order valence-electron chi connectivity index (χ0n) is 22.3. The lowest BCUT2D eigenvalue weighted by molar-refractivity contribution is 0.0554. The van der Waals surface area contributed by atoms with E-state index in [-0.39, 0.29) is 29.7 Å². The maximum absolute atomic E-state index is 13.2. The molecular formula is C30H29N9O2. The van der Waals surface area contributed by atoms with Crippen LogP contribution < -0.4 is 5.73 Å². The molecule has 1 aliphatic carbocycles. The van der Waals surface area contributed by atoms with Gasteiger partial charge in [-0.25, -0.2) is 9.97 Å². The number of nitrogens with zero attached hydrogens (tertiary/aromatic N) is 7. The molecule has 2 saturated heterocycles. The Bertz CT molecular complexity index is 1750. The largest absolute Gasteiger partial charge is 0.385 e. The van der Waals surface area contributed by atoms with Crippen LogP contribution in [0.5, 0.6) is 0 Å². The Balaban J connectivity index is 1.18. The molecule has 1 aromatic carbocycles. The van der Waals surface area contributed by atoms with E-state index in [4.69, 9.17) is 15.7 Å². The molecule has 4 N–H and O–H groups in total. The number of aromatic nitrogens is 7. The SMILES string of the molecule is Nc1c(C2(O)CC2)c(C2CC3CC[C@@H](C2)N3C(=O)c2ncn[nH]2)nc2c(-c3ccc(-c4ccccc4)nc3)cnn12. The minimum atomic E-state index is -0.989. The van der Waals surface area contributed by atoms with E-state index in [0.717, 1.165) is 53.8 Å². The van der Waals surface area contributed by atoms with Gasteiger partial charge in [-0.05, 0) is 44.6 Å². The summed E-state index contributed by atoms with van der Waals surface area (Å²) in [6.07, 6.45) is 9.61. The maximum atomic E-state index is 13.2. The number of nitrogen functional groups attached to an aromatic ring is 1. The Morgan fingerprint density at radius 2 is 1.78 bits per heavy atom. The number of benzene rings is 1. The highest BCUT2D eigenvalue weighted by atomic mass is 16.3. The van der Waals surface area contributed by atoms with Crippen molar-refractivity contribution in [3.8, 4) is 22.4 Å². The number of anilines is 1. The van der Waals surface area contributed by atoms with Gasteiger partial charge in [0.2, 0.25) is 5.82 Å². The molecule has 11 nitrogen and oxygen atoms in total. The molecule has 0 radical (unpaired) electrons. The summed E-state index contributed by atoms with van der Waals surface area (Å²) in [4.78, 5) is 29.2. The summed E-state index contributed by atoms with van der Waals surface area (Å²) in [5, 5.41) is 22.5. The van der Waals surface area contributed by atoms with Gasteiger partial charge in [0.15, 0.2) is 5.65 Å². The molecule has 3 aliphatic rings. The Morgan fingerprint density at radius 1 is 1.00 bits per heavy atom. The second-order valence-electron chi connectivity index (χ2n) is 11.5. The van der Waals surface area contributed by atoms with E-state index in [1.807, 2.05) is 53.6 Å². The van der Waals surface area contributed by atoms with Gasteiger partial charge in [0.05, 0.1) is 23.2 Å². The number of hydrogen-bond acceptors (Lipinski definition) is 8. The van der Waals surface area contributed by atoms with Crippen LogP contribution in [0.2, 0.25) is 0 Å². The first-order valence-electron chi connectivity index (χ1n) is 14.1. The number of hydrogen-bond donors (Lipinski definition) is 3. The zero-order valence-corrected chi connectivity index (χ0v) is 22.3. The molecule has 1 amide bonds. The van der Waals surface area contributed by atoms with E-state index in [1.54, 1.807) is 10.7 Å². The average molecular weight is 548 g/mol. The highest BCUT2D eigenvalue weighted by Gasteiger charge is 2.50. The van der Waals surface area contributed by atoms with Gasteiger partial charge in [-0.2, -0.15) is 14.7 Å². The number of pyridine rings is 1. The first-order chi connectivity index (χ1) is 20.0. The number of amides is 1. The van der Waals surface area contributed by atoms with Crippen molar-refractivity contribution in [3.63, 3.8) is 0 Å². The molecule has 41 heavy (non-hydrogen) atoms. The number of H-pyrrole nitrogens is 1. The van der Waals surface area contributed by atoms with Gasteiger partial charge < -0.3 is 15.7 Å². The van der Waals surface area contributed by atoms with Crippen LogP contribution in [0.4, 0.5) is 5.82 Å². The third kappa shape index (κ3) is 3.83. The van der Waals surface area contributed by atoms with Crippen molar-refractivity contribution in [1.29, 1.82) is 0 Å². The van der Waals surface area contributed by atoms with E-state index < -0.39 is 5.60 Å². The number of fused-ring (bicyclic) bond motifs is 3. The molecule has 1 saturated carbocycles. The topological polar surface area (TPSA) is 151 Å². The van der Waals surface area contributed by atoms with Crippen LogP contribution >= 0.6 is 0 Å². The third-order valence-electron chi connectivity index (χ3n) is 9.02. The minimum absolute atomic E-state index is 0.0551. The molecule has 206 valence electrons. The number of carbonyl (C=O) groups excluding carboxylic acids is 1. The number of aromatic amines is 1. The molecule has 3 atom stereocenters. The van der Waals surface area contributed by atoms with Crippen LogP contribution in [0.15, 0.2) is 61.2 Å². The molecular weight excluding hydrogens is 518 g/mol. The van der Waals surface area contributed by atoms with Crippen LogP contribution in [0, 0.1) is 0 Å². The number of rotatable bonds is 5. The van der Waals surface area contributed by atoms with E-state index >= 15 is 0 Å². The lowest BCUT2D eigenvalue weighted by Gasteiger charge is -2.39. The quantitative estimate of drug-likeness (QED) is 0.301. The summed E-state index contributed by atoms with van der Waals surface area (Å²) >= 11 is 0. The van der Waals surface area contributed by atoms with Gasteiger partial charge in [0, 0.05) is 46.5 Å². The number of nitrogens with one attached hydrogen (secondary N) is 1. The van der Waals surface area contributed by atoms with Crippen molar-refractivity contribution >= 4 is 17.4 Å². The lowest BCUT2D eigenvalue weighted by atomic mass is 9.84. The van der Waals surface area contributed by atoms with E-state index in [1.165, 1.54) is 6.33 Å². The van der Waals surface area contributed by atoms with Crippen molar-refractivity contribution in [2.45, 2.75) is 62.1 Å². The van der Waals surface area contributed by atoms with Crippen LogP contribution in [0.1, 0.15) is 66.3 Å². The van der Waals surface area contributed by atoms with Gasteiger partial charge in [-0.15, -0.1) is 0 Å². The van der Waals surface area contributed by atoms with Crippen molar-refractivity contribution in [3.05, 3.63) is 78.3 Å². The Hall–Kier alpha value is -4.64.